The average Bonchev–Trinajstić information content (AvgIpc) is 2.68. The second-order valence-corrected chi connectivity index (χ2v) is 6.03. The number of piperidine rings is 1. The number of aromatic nitrogens is 2. The zero-order valence-electron chi connectivity index (χ0n) is 12.3. The molecule has 0 bridgehead atoms. The molecule has 0 aliphatic carbocycles. The van der Waals surface area contributed by atoms with Crippen LogP contribution in [0.25, 0.3) is 0 Å². The van der Waals surface area contributed by atoms with E-state index in [4.69, 9.17) is 0 Å². The molecule has 0 saturated carbocycles. The second-order valence-electron chi connectivity index (χ2n) is 6.03. The molecule has 0 radical (unpaired) electrons. The van der Waals surface area contributed by atoms with Gasteiger partial charge in [-0.05, 0) is 10.3 Å². The summed E-state index contributed by atoms with van der Waals surface area (Å²) < 4.78 is 1.40. The van der Waals surface area contributed by atoms with Gasteiger partial charge in [0.2, 0.25) is 11.8 Å². The minimum atomic E-state index is -0.525. The molecule has 0 N–H and O–H groups in total. The Bertz CT molecular complexity index is 585. The van der Waals surface area contributed by atoms with Gasteiger partial charge in [0.25, 0.3) is 0 Å². The highest BCUT2D eigenvalue weighted by molar-refractivity contribution is 5.98. The predicted octanol–water partition coefficient (Wildman–Crippen LogP) is 1.27. The SMILES string of the molecule is Cc1ncc([N+](=O)[O-])n1CCN1C(=O)CC(C)(C)CC1=O. The van der Waals surface area contributed by atoms with Crippen LogP contribution >= 0.6 is 0 Å². The molecule has 21 heavy (non-hydrogen) atoms. The molecule has 2 amide bonds. The molecule has 0 unspecified atom stereocenters. The lowest BCUT2D eigenvalue weighted by Gasteiger charge is -2.34. The molecule has 0 atom stereocenters. The van der Waals surface area contributed by atoms with E-state index in [1.54, 1.807) is 6.92 Å². The van der Waals surface area contributed by atoms with Crippen molar-refractivity contribution in [1.29, 1.82) is 0 Å². The third kappa shape index (κ3) is 3.09. The van der Waals surface area contributed by atoms with Gasteiger partial charge in [-0.3, -0.25) is 14.5 Å². The summed E-state index contributed by atoms with van der Waals surface area (Å²) >= 11 is 0. The van der Waals surface area contributed by atoms with Crippen LogP contribution in [0.4, 0.5) is 5.82 Å². The molecule has 1 saturated heterocycles. The Kier molecular flexibility index (Phi) is 3.80. The Labute approximate surface area is 121 Å². The van der Waals surface area contributed by atoms with Crippen molar-refractivity contribution in [2.45, 2.75) is 40.2 Å². The fourth-order valence-electron chi connectivity index (χ4n) is 2.54. The predicted molar refractivity (Wildman–Crippen MR) is 73.4 cm³/mol. The molecule has 1 aliphatic rings. The van der Waals surface area contributed by atoms with Crippen LogP contribution in [0.1, 0.15) is 32.5 Å². The molecule has 8 nitrogen and oxygen atoms in total. The number of rotatable bonds is 4. The molecule has 2 rings (SSSR count). The summed E-state index contributed by atoms with van der Waals surface area (Å²) in [6.07, 6.45) is 1.80. The quantitative estimate of drug-likeness (QED) is 0.473. The normalized spacial score (nSPS) is 18.1. The Hall–Kier alpha value is -2.25. The van der Waals surface area contributed by atoms with Gasteiger partial charge in [-0.1, -0.05) is 13.8 Å². The van der Waals surface area contributed by atoms with Gasteiger partial charge in [0, 0.05) is 19.8 Å². The van der Waals surface area contributed by atoms with Crippen LogP contribution in [0, 0.1) is 22.5 Å². The van der Waals surface area contributed by atoms with Gasteiger partial charge in [0.1, 0.15) is 12.7 Å². The van der Waals surface area contributed by atoms with E-state index in [-0.39, 0.29) is 36.1 Å². The largest absolute Gasteiger partial charge is 0.358 e. The van der Waals surface area contributed by atoms with Crippen LogP contribution in [0.2, 0.25) is 0 Å². The van der Waals surface area contributed by atoms with Crippen molar-refractivity contribution >= 4 is 17.6 Å². The maximum absolute atomic E-state index is 12.0. The Morgan fingerprint density at radius 1 is 1.29 bits per heavy atom. The number of carbonyl (C=O) groups is 2. The summed E-state index contributed by atoms with van der Waals surface area (Å²) in [7, 11) is 0. The molecule has 1 aromatic rings. The summed E-state index contributed by atoms with van der Waals surface area (Å²) in [6.45, 7) is 5.72. The number of nitrogens with zero attached hydrogens (tertiary/aromatic N) is 4. The zero-order valence-corrected chi connectivity index (χ0v) is 12.3. The number of imide groups is 1. The Morgan fingerprint density at radius 3 is 2.38 bits per heavy atom. The van der Waals surface area contributed by atoms with Crippen LogP contribution in [0.3, 0.4) is 0 Å². The van der Waals surface area contributed by atoms with Gasteiger partial charge in [-0.15, -0.1) is 0 Å². The number of amides is 2. The van der Waals surface area contributed by atoms with Crippen LogP contribution in [-0.4, -0.2) is 37.7 Å². The van der Waals surface area contributed by atoms with Gasteiger partial charge < -0.3 is 10.1 Å². The second kappa shape index (κ2) is 5.27. The van der Waals surface area contributed by atoms with Crippen molar-refractivity contribution in [2.24, 2.45) is 5.41 Å². The molecule has 1 aromatic heterocycles. The summed E-state index contributed by atoms with van der Waals surface area (Å²) in [4.78, 5) is 39.5. The highest BCUT2D eigenvalue weighted by Gasteiger charge is 2.37. The molecular formula is C13H18N4O4. The smallest absolute Gasteiger partial charge is 0.342 e. The lowest BCUT2D eigenvalue weighted by Crippen LogP contribution is -2.47. The molecule has 0 spiro atoms. The van der Waals surface area contributed by atoms with Gasteiger partial charge in [-0.25, -0.2) is 9.55 Å². The topological polar surface area (TPSA) is 98.3 Å². The maximum atomic E-state index is 12.0. The van der Waals surface area contributed by atoms with Crippen LogP contribution in [0.5, 0.6) is 0 Å². The third-order valence-corrected chi connectivity index (χ3v) is 3.63. The molecule has 0 aromatic carbocycles. The minimum absolute atomic E-state index is 0.131. The van der Waals surface area contributed by atoms with Crippen molar-refractivity contribution in [3.63, 3.8) is 0 Å². The number of aryl methyl sites for hydroxylation is 1. The highest BCUT2D eigenvalue weighted by atomic mass is 16.6. The first-order valence-corrected chi connectivity index (χ1v) is 6.71. The van der Waals surface area contributed by atoms with E-state index in [0.29, 0.717) is 18.7 Å². The first-order chi connectivity index (χ1) is 9.71. The standard InChI is InChI=1S/C13H18N4O4/c1-9-14-8-10(17(20)21)15(9)4-5-16-11(18)6-13(2,3)7-12(16)19/h8H,4-7H2,1-3H3. The molecular weight excluding hydrogens is 276 g/mol. The Balaban J connectivity index is 2.10. The van der Waals surface area contributed by atoms with Gasteiger partial charge >= 0.3 is 5.82 Å². The highest BCUT2D eigenvalue weighted by Crippen LogP contribution is 2.31. The summed E-state index contributed by atoms with van der Waals surface area (Å²) in [5, 5.41) is 10.9. The monoisotopic (exact) mass is 294 g/mol. The first-order valence-electron chi connectivity index (χ1n) is 6.71. The van der Waals surface area contributed by atoms with Crippen LogP contribution in [0.15, 0.2) is 6.20 Å². The number of nitro groups is 1. The summed E-state index contributed by atoms with van der Waals surface area (Å²) in [5.74, 6) is -0.1000. The maximum Gasteiger partial charge on any atom is 0.342 e. The van der Waals surface area contributed by atoms with Crippen molar-refractivity contribution in [3.05, 3.63) is 22.1 Å². The lowest BCUT2D eigenvalue weighted by atomic mass is 9.82. The zero-order chi connectivity index (χ0) is 15.8. The van der Waals surface area contributed by atoms with Crippen molar-refractivity contribution in [1.82, 2.24) is 14.5 Å². The van der Waals surface area contributed by atoms with Crippen LogP contribution < -0.4 is 0 Å². The molecule has 1 fully saturated rings. The van der Waals surface area contributed by atoms with E-state index in [1.807, 2.05) is 13.8 Å². The number of likely N-dealkylation sites (tertiary alicyclic amines) is 1. The number of carbonyl (C=O) groups excluding carboxylic acids is 2. The molecule has 2 heterocycles. The van der Waals surface area contributed by atoms with E-state index < -0.39 is 4.92 Å². The lowest BCUT2D eigenvalue weighted by molar-refractivity contribution is -0.392. The van der Waals surface area contributed by atoms with E-state index in [2.05, 4.69) is 4.98 Å². The number of hydrogen-bond donors (Lipinski definition) is 0. The summed E-state index contributed by atoms with van der Waals surface area (Å²) in [5.41, 5.74) is -0.318. The van der Waals surface area contributed by atoms with Gasteiger partial charge in [-0.2, -0.15) is 0 Å². The Morgan fingerprint density at radius 2 is 1.86 bits per heavy atom. The molecule has 114 valence electrons. The first kappa shape index (κ1) is 15.1. The van der Waals surface area contributed by atoms with Crippen molar-refractivity contribution in [3.8, 4) is 0 Å². The van der Waals surface area contributed by atoms with E-state index in [9.17, 15) is 19.7 Å². The average molecular weight is 294 g/mol. The van der Waals surface area contributed by atoms with Gasteiger partial charge in [0.05, 0.1) is 6.54 Å². The van der Waals surface area contributed by atoms with Crippen molar-refractivity contribution < 1.29 is 14.5 Å². The van der Waals surface area contributed by atoms with Crippen LogP contribution in [-0.2, 0) is 16.1 Å². The molecule has 1 aliphatic heterocycles. The van der Waals surface area contributed by atoms with E-state index in [0.717, 1.165) is 0 Å². The summed E-state index contributed by atoms with van der Waals surface area (Å²) in [6, 6.07) is 0. The van der Waals surface area contributed by atoms with Gasteiger partial charge in [0.15, 0.2) is 5.82 Å². The third-order valence-electron chi connectivity index (χ3n) is 3.63. The van der Waals surface area contributed by atoms with E-state index >= 15 is 0 Å². The number of imidazole rings is 1. The minimum Gasteiger partial charge on any atom is -0.358 e. The molecule has 8 heteroatoms. The fourth-order valence-corrected chi connectivity index (χ4v) is 2.54. The van der Waals surface area contributed by atoms with E-state index in [1.165, 1.54) is 15.7 Å². The van der Waals surface area contributed by atoms with Crippen molar-refractivity contribution in [2.75, 3.05) is 6.54 Å². The number of hydrogen-bond acceptors (Lipinski definition) is 5. The fraction of sp³-hybridized carbons (Fsp3) is 0.615.